The SMILES string of the molecule is Cc1nnc(COc2c(Br)cccc2CO)n1C. The summed E-state index contributed by atoms with van der Waals surface area (Å²) in [6.07, 6.45) is 0. The minimum absolute atomic E-state index is 0.0629. The molecule has 1 aromatic heterocycles. The Labute approximate surface area is 114 Å². The number of para-hydroxylation sites is 1. The van der Waals surface area contributed by atoms with Crippen LogP contribution in [0.25, 0.3) is 0 Å². The summed E-state index contributed by atoms with van der Waals surface area (Å²) in [5.74, 6) is 2.22. The first-order valence-electron chi connectivity index (χ1n) is 5.49. The molecule has 0 spiro atoms. The van der Waals surface area contributed by atoms with E-state index in [0.29, 0.717) is 12.4 Å². The van der Waals surface area contributed by atoms with Gasteiger partial charge >= 0.3 is 0 Å². The Morgan fingerprint density at radius 3 is 2.78 bits per heavy atom. The van der Waals surface area contributed by atoms with Gasteiger partial charge in [0.1, 0.15) is 18.2 Å². The smallest absolute Gasteiger partial charge is 0.170 e. The van der Waals surface area contributed by atoms with Crippen molar-refractivity contribution in [2.75, 3.05) is 0 Å². The normalized spacial score (nSPS) is 10.7. The molecule has 96 valence electrons. The number of benzene rings is 1. The van der Waals surface area contributed by atoms with Crippen LogP contribution in [0.2, 0.25) is 0 Å². The molecule has 0 atom stereocenters. The van der Waals surface area contributed by atoms with Crippen molar-refractivity contribution in [2.45, 2.75) is 20.1 Å². The van der Waals surface area contributed by atoms with E-state index in [1.165, 1.54) is 0 Å². The van der Waals surface area contributed by atoms with Crippen LogP contribution in [0, 0.1) is 6.92 Å². The molecule has 1 N–H and O–H groups in total. The molecule has 0 aliphatic carbocycles. The number of aryl methyl sites for hydroxylation is 1. The second-order valence-corrected chi connectivity index (χ2v) is 4.75. The highest BCUT2D eigenvalue weighted by atomic mass is 79.9. The van der Waals surface area contributed by atoms with Crippen LogP contribution in [-0.4, -0.2) is 19.9 Å². The quantitative estimate of drug-likeness (QED) is 0.937. The monoisotopic (exact) mass is 311 g/mol. The first-order valence-corrected chi connectivity index (χ1v) is 6.28. The third-order valence-corrected chi connectivity index (χ3v) is 3.37. The third-order valence-electron chi connectivity index (χ3n) is 2.75. The molecule has 2 aromatic rings. The molecule has 18 heavy (non-hydrogen) atoms. The summed E-state index contributed by atoms with van der Waals surface area (Å²) >= 11 is 3.41. The highest BCUT2D eigenvalue weighted by molar-refractivity contribution is 9.10. The number of hydrogen-bond donors (Lipinski definition) is 1. The van der Waals surface area contributed by atoms with Crippen LogP contribution in [0.5, 0.6) is 5.75 Å². The predicted octanol–water partition coefficient (Wildman–Crippen LogP) is 1.96. The standard InChI is InChI=1S/C12H14BrN3O2/c1-8-14-15-11(16(8)2)7-18-12-9(6-17)4-3-5-10(12)13/h3-5,17H,6-7H2,1-2H3. The van der Waals surface area contributed by atoms with Crippen molar-refractivity contribution in [2.24, 2.45) is 7.05 Å². The molecule has 0 saturated heterocycles. The lowest BCUT2D eigenvalue weighted by Crippen LogP contribution is -2.06. The van der Waals surface area contributed by atoms with E-state index in [1.807, 2.05) is 36.7 Å². The van der Waals surface area contributed by atoms with Gasteiger partial charge < -0.3 is 14.4 Å². The number of aliphatic hydroxyl groups is 1. The minimum atomic E-state index is -0.0629. The Bertz CT molecular complexity index is 554. The second-order valence-electron chi connectivity index (χ2n) is 3.90. The molecule has 0 unspecified atom stereocenters. The van der Waals surface area contributed by atoms with Gasteiger partial charge in [-0.05, 0) is 28.9 Å². The van der Waals surface area contributed by atoms with Crippen molar-refractivity contribution in [1.29, 1.82) is 0 Å². The van der Waals surface area contributed by atoms with E-state index in [2.05, 4.69) is 26.1 Å². The Morgan fingerprint density at radius 1 is 1.39 bits per heavy atom. The van der Waals surface area contributed by atoms with Gasteiger partial charge in [-0.15, -0.1) is 10.2 Å². The Morgan fingerprint density at radius 2 is 2.17 bits per heavy atom. The van der Waals surface area contributed by atoms with Crippen molar-refractivity contribution in [1.82, 2.24) is 14.8 Å². The van der Waals surface area contributed by atoms with Crippen molar-refractivity contribution >= 4 is 15.9 Å². The van der Waals surface area contributed by atoms with Crippen LogP contribution < -0.4 is 4.74 Å². The van der Waals surface area contributed by atoms with E-state index < -0.39 is 0 Å². The van der Waals surface area contributed by atoms with E-state index >= 15 is 0 Å². The number of nitrogens with zero attached hydrogens (tertiary/aromatic N) is 3. The molecule has 0 bridgehead atoms. The van der Waals surface area contributed by atoms with Gasteiger partial charge in [0.15, 0.2) is 5.82 Å². The lowest BCUT2D eigenvalue weighted by Gasteiger charge is -2.11. The summed E-state index contributed by atoms with van der Waals surface area (Å²) in [7, 11) is 1.89. The number of halogens is 1. The third kappa shape index (κ3) is 2.54. The fourth-order valence-corrected chi connectivity index (χ4v) is 2.07. The minimum Gasteiger partial charge on any atom is -0.484 e. The highest BCUT2D eigenvalue weighted by Crippen LogP contribution is 2.29. The van der Waals surface area contributed by atoms with Gasteiger partial charge in [-0.2, -0.15) is 0 Å². The molecule has 0 radical (unpaired) electrons. The van der Waals surface area contributed by atoms with Crippen LogP contribution in [-0.2, 0) is 20.3 Å². The fourth-order valence-electron chi connectivity index (χ4n) is 1.55. The molecule has 0 aliphatic heterocycles. The summed E-state index contributed by atoms with van der Waals surface area (Å²) < 4.78 is 8.39. The van der Waals surface area contributed by atoms with Crippen LogP contribution in [0.1, 0.15) is 17.2 Å². The molecule has 5 nitrogen and oxygen atoms in total. The van der Waals surface area contributed by atoms with E-state index in [0.717, 1.165) is 21.7 Å². The average Bonchev–Trinajstić information content (AvgIpc) is 2.68. The van der Waals surface area contributed by atoms with Gasteiger partial charge in [0.2, 0.25) is 0 Å². The van der Waals surface area contributed by atoms with E-state index in [-0.39, 0.29) is 6.61 Å². The van der Waals surface area contributed by atoms with Crippen molar-refractivity contribution < 1.29 is 9.84 Å². The summed E-state index contributed by atoms with van der Waals surface area (Å²) in [4.78, 5) is 0. The maximum absolute atomic E-state index is 9.26. The average molecular weight is 312 g/mol. The van der Waals surface area contributed by atoms with Crippen LogP contribution in [0.15, 0.2) is 22.7 Å². The Kier molecular flexibility index (Phi) is 3.98. The van der Waals surface area contributed by atoms with Crippen LogP contribution in [0.4, 0.5) is 0 Å². The van der Waals surface area contributed by atoms with Gasteiger partial charge in [-0.1, -0.05) is 12.1 Å². The van der Waals surface area contributed by atoms with Gasteiger partial charge in [-0.25, -0.2) is 0 Å². The van der Waals surface area contributed by atoms with Crippen molar-refractivity contribution in [3.63, 3.8) is 0 Å². The van der Waals surface area contributed by atoms with Crippen LogP contribution in [0.3, 0.4) is 0 Å². The summed E-state index contributed by atoms with van der Waals surface area (Å²) in [5, 5.41) is 17.3. The molecular weight excluding hydrogens is 298 g/mol. The number of hydrogen-bond acceptors (Lipinski definition) is 4. The maximum Gasteiger partial charge on any atom is 0.170 e. The Hall–Kier alpha value is -1.40. The zero-order chi connectivity index (χ0) is 13.1. The number of aliphatic hydroxyl groups excluding tert-OH is 1. The van der Waals surface area contributed by atoms with E-state index in [9.17, 15) is 5.11 Å². The zero-order valence-electron chi connectivity index (χ0n) is 10.2. The van der Waals surface area contributed by atoms with Gasteiger partial charge in [0.25, 0.3) is 0 Å². The van der Waals surface area contributed by atoms with Gasteiger partial charge in [0.05, 0.1) is 11.1 Å². The van der Waals surface area contributed by atoms with Gasteiger partial charge in [0, 0.05) is 12.6 Å². The molecule has 1 aromatic carbocycles. The predicted molar refractivity (Wildman–Crippen MR) is 70.1 cm³/mol. The van der Waals surface area contributed by atoms with Crippen LogP contribution >= 0.6 is 15.9 Å². The molecule has 0 aliphatic rings. The van der Waals surface area contributed by atoms with Gasteiger partial charge in [-0.3, -0.25) is 0 Å². The van der Waals surface area contributed by atoms with Crippen molar-refractivity contribution in [3.05, 3.63) is 39.9 Å². The zero-order valence-corrected chi connectivity index (χ0v) is 11.8. The van der Waals surface area contributed by atoms with E-state index in [4.69, 9.17) is 4.74 Å². The molecule has 0 fully saturated rings. The number of ether oxygens (including phenoxy) is 1. The Balaban J connectivity index is 2.18. The molecule has 2 rings (SSSR count). The lowest BCUT2D eigenvalue weighted by molar-refractivity contribution is 0.253. The topological polar surface area (TPSA) is 60.2 Å². The molecule has 6 heteroatoms. The molecule has 1 heterocycles. The second kappa shape index (κ2) is 5.49. The summed E-state index contributed by atoms with van der Waals surface area (Å²) in [5.41, 5.74) is 0.739. The molecular formula is C12H14BrN3O2. The molecule has 0 amide bonds. The lowest BCUT2D eigenvalue weighted by atomic mass is 10.2. The maximum atomic E-state index is 9.26. The summed E-state index contributed by atoms with van der Waals surface area (Å²) in [6.45, 7) is 2.13. The largest absolute Gasteiger partial charge is 0.484 e. The first-order chi connectivity index (χ1) is 8.63. The summed E-state index contributed by atoms with van der Waals surface area (Å²) in [6, 6.07) is 5.55. The van der Waals surface area contributed by atoms with Crippen molar-refractivity contribution in [3.8, 4) is 5.75 Å². The highest BCUT2D eigenvalue weighted by Gasteiger charge is 2.10. The number of aromatic nitrogens is 3. The molecule has 0 saturated carbocycles. The first kappa shape index (κ1) is 13.0. The fraction of sp³-hybridized carbons (Fsp3) is 0.333. The van der Waals surface area contributed by atoms with E-state index in [1.54, 1.807) is 0 Å². The number of rotatable bonds is 4.